The topological polar surface area (TPSA) is 79.5 Å². The highest BCUT2D eigenvalue weighted by molar-refractivity contribution is 7.18. The summed E-state index contributed by atoms with van der Waals surface area (Å²) in [5.41, 5.74) is 6.39. The molecule has 1 atom stereocenters. The van der Waals surface area contributed by atoms with Crippen LogP contribution in [0.3, 0.4) is 0 Å². The van der Waals surface area contributed by atoms with Crippen LogP contribution in [0.25, 0.3) is 10.2 Å². The third kappa shape index (κ3) is 4.31. The molecule has 2 saturated heterocycles. The molecule has 2 amide bonds. The monoisotopic (exact) mass is 420 g/mol. The molecule has 1 unspecified atom stereocenters. The summed E-state index contributed by atoms with van der Waals surface area (Å²) in [5, 5.41) is 1.89. The van der Waals surface area contributed by atoms with Gasteiger partial charge in [0.1, 0.15) is 0 Å². The zero-order valence-electron chi connectivity index (χ0n) is 15.8. The van der Waals surface area contributed by atoms with E-state index in [4.69, 9.17) is 22.3 Å². The maximum absolute atomic E-state index is 12.6. The number of amides is 2. The number of likely N-dealkylation sites (tertiary alicyclic amines) is 2. The van der Waals surface area contributed by atoms with E-state index in [1.54, 1.807) is 11.3 Å². The zero-order chi connectivity index (χ0) is 19.7. The van der Waals surface area contributed by atoms with E-state index in [0.29, 0.717) is 24.0 Å². The lowest BCUT2D eigenvalue weighted by Crippen LogP contribution is -2.48. The fraction of sp³-hybridized carbons (Fsp3) is 0.550. The summed E-state index contributed by atoms with van der Waals surface area (Å²) >= 11 is 7.81. The van der Waals surface area contributed by atoms with E-state index in [1.165, 1.54) is 9.71 Å². The first-order valence-electron chi connectivity index (χ1n) is 9.85. The molecule has 150 valence electrons. The number of aromatic nitrogens is 1. The minimum Gasteiger partial charge on any atom is -0.369 e. The van der Waals surface area contributed by atoms with Crippen molar-refractivity contribution in [2.75, 3.05) is 32.7 Å². The molecule has 0 saturated carbocycles. The standard InChI is InChI=1S/C20H25ClN4O2S/c21-15-3-4-17-16(10-15)23-20(28-17)13-5-8-24(9-6-13)12-18(26)25-7-1-2-14(11-25)19(22)27/h3-4,10,13-14H,1-2,5-9,11-12H2,(H2,22,27). The molecule has 0 spiro atoms. The number of hydrogen-bond acceptors (Lipinski definition) is 5. The number of rotatable bonds is 4. The number of nitrogens with zero attached hydrogens (tertiary/aromatic N) is 3. The van der Waals surface area contributed by atoms with Gasteiger partial charge in [-0.15, -0.1) is 11.3 Å². The number of nitrogens with two attached hydrogens (primary N) is 1. The van der Waals surface area contributed by atoms with E-state index in [9.17, 15) is 9.59 Å². The van der Waals surface area contributed by atoms with E-state index in [-0.39, 0.29) is 17.7 Å². The number of carbonyl (C=O) groups excluding carboxylic acids is 2. The number of primary amides is 1. The number of hydrogen-bond donors (Lipinski definition) is 1. The van der Waals surface area contributed by atoms with Gasteiger partial charge in [0.25, 0.3) is 0 Å². The van der Waals surface area contributed by atoms with Gasteiger partial charge in [-0.3, -0.25) is 14.5 Å². The molecular formula is C20H25ClN4O2S. The molecule has 2 aromatic rings. The first kappa shape index (κ1) is 19.6. The zero-order valence-corrected chi connectivity index (χ0v) is 17.3. The third-order valence-corrected chi connectivity index (χ3v) is 7.27. The first-order valence-corrected chi connectivity index (χ1v) is 11.0. The molecule has 2 aliphatic heterocycles. The van der Waals surface area contributed by atoms with E-state index in [0.717, 1.165) is 50.8 Å². The molecule has 2 aliphatic rings. The number of thiazole rings is 1. The molecule has 2 N–H and O–H groups in total. The number of fused-ring (bicyclic) bond motifs is 1. The summed E-state index contributed by atoms with van der Waals surface area (Å²) in [6.07, 6.45) is 3.65. The number of benzene rings is 1. The van der Waals surface area contributed by atoms with Gasteiger partial charge < -0.3 is 10.6 Å². The van der Waals surface area contributed by atoms with Gasteiger partial charge in [-0.1, -0.05) is 11.6 Å². The molecule has 0 aliphatic carbocycles. The summed E-state index contributed by atoms with van der Waals surface area (Å²) in [5.74, 6) is 0.0576. The minimum absolute atomic E-state index is 0.110. The number of carbonyl (C=O) groups is 2. The molecule has 1 aromatic carbocycles. The van der Waals surface area contributed by atoms with Crippen molar-refractivity contribution in [1.82, 2.24) is 14.8 Å². The van der Waals surface area contributed by atoms with Gasteiger partial charge in [-0.05, 0) is 57.0 Å². The lowest BCUT2D eigenvalue weighted by molar-refractivity contribution is -0.136. The van der Waals surface area contributed by atoms with Gasteiger partial charge in [0.05, 0.1) is 27.7 Å². The lowest BCUT2D eigenvalue weighted by Gasteiger charge is -2.35. The average Bonchev–Trinajstić information content (AvgIpc) is 3.11. The lowest BCUT2D eigenvalue weighted by atomic mass is 9.96. The van der Waals surface area contributed by atoms with E-state index < -0.39 is 0 Å². The highest BCUT2D eigenvalue weighted by Gasteiger charge is 2.29. The van der Waals surface area contributed by atoms with Crippen LogP contribution in [-0.4, -0.2) is 59.3 Å². The molecule has 1 aromatic heterocycles. The molecule has 3 heterocycles. The summed E-state index contributed by atoms with van der Waals surface area (Å²) < 4.78 is 1.17. The second kappa shape index (κ2) is 8.35. The normalized spacial score (nSPS) is 21.9. The maximum Gasteiger partial charge on any atom is 0.236 e. The van der Waals surface area contributed by atoms with Crippen molar-refractivity contribution in [2.45, 2.75) is 31.6 Å². The summed E-state index contributed by atoms with van der Waals surface area (Å²) in [6.45, 7) is 3.40. The Kier molecular flexibility index (Phi) is 5.85. The van der Waals surface area contributed by atoms with Crippen LogP contribution in [-0.2, 0) is 9.59 Å². The van der Waals surface area contributed by atoms with Crippen LogP contribution in [0.4, 0.5) is 0 Å². The van der Waals surface area contributed by atoms with Crippen LogP contribution >= 0.6 is 22.9 Å². The fourth-order valence-corrected chi connectivity index (χ4v) is 5.44. The predicted molar refractivity (Wildman–Crippen MR) is 112 cm³/mol. The van der Waals surface area contributed by atoms with Crippen molar-refractivity contribution >= 4 is 45.0 Å². The molecule has 8 heteroatoms. The molecule has 0 radical (unpaired) electrons. The molecule has 6 nitrogen and oxygen atoms in total. The van der Waals surface area contributed by atoms with Gasteiger partial charge in [0.15, 0.2) is 0 Å². The Morgan fingerprint density at radius 3 is 2.75 bits per heavy atom. The molecule has 28 heavy (non-hydrogen) atoms. The van der Waals surface area contributed by atoms with Gasteiger partial charge in [0.2, 0.25) is 11.8 Å². The Hall–Kier alpha value is -1.70. The summed E-state index contributed by atoms with van der Waals surface area (Å²) in [4.78, 5) is 32.9. The molecule has 2 fully saturated rings. The summed E-state index contributed by atoms with van der Waals surface area (Å²) in [6, 6.07) is 5.86. The van der Waals surface area contributed by atoms with Gasteiger partial charge in [-0.2, -0.15) is 0 Å². The number of halogens is 1. The molecule has 0 bridgehead atoms. The largest absolute Gasteiger partial charge is 0.369 e. The quantitative estimate of drug-likeness (QED) is 0.824. The van der Waals surface area contributed by atoms with Crippen LogP contribution in [0, 0.1) is 5.92 Å². The van der Waals surface area contributed by atoms with Crippen molar-refractivity contribution in [1.29, 1.82) is 0 Å². The predicted octanol–water partition coefficient (Wildman–Crippen LogP) is 2.85. The first-order chi connectivity index (χ1) is 13.5. The second-order valence-corrected chi connectivity index (χ2v) is 9.29. The van der Waals surface area contributed by atoms with Gasteiger partial charge in [-0.25, -0.2) is 4.98 Å². The average molecular weight is 421 g/mol. The van der Waals surface area contributed by atoms with E-state index in [1.807, 2.05) is 23.1 Å². The van der Waals surface area contributed by atoms with Crippen molar-refractivity contribution in [3.63, 3.8) is 0 Å². The molecular weight excluding hydrogens is 396 g/mol. The van der Waals surface area contributed by atoms with Crippen LogP contribution in [0.15, 0.2) is 18.2 Å². The van der Waals surface area contributed by atoms with Gasteiger partial charge in [0, 0.05) is 24.0 Å². The Morgan fingerprint density at radius 2 is 2.00 bits per heavy atom. The highest BCUT2D eigenvalue weighted by atomic mass is 35.5. The van der Waals surface area contributed by atoms with Crippen molar-refractivity contribution < 1.29 is 9.59 Å². The van der Waals surface area contributed by atoms with Crippen LogP contribution < -0.4 is 5.73 Å². The van der Waals surface area contributed by atoms with Crippen molar-refractivity contribution in [3.8, 4) is 0 Å². The summed E-state index contributed by atoms with van der Waals surface area (Å²) in [7, 11) is 0. The van der Waals surface area contributed by atoms with E-state index in [2.05, 4.69) is 4.90 Å². The Balaban J connectivity index is 1.31. The van der Waals surface area contributed by atoms with E-state index >= 15 is 0 Å². The highest BCUT2D eigenvalue weighted by Crippen LogP contribution is 2.34. The third-order valence-electron chi connectivity index (χ3n) is 5.84. The second-order valence-electron chi connectivity index (χ2n) is 7.80. The maximum atomic E-state index is 12.6. The minimum atomic E-state index is -0.296. The Labute approximate surface area is 173 Å². The smallest absolute Gasteiger partial charge is 0.236 e. The Morgan fingerprint density at radius 1 is 1.21 bits per heavy atom. The SMILES string of the molecule is NC(=O)C1CCCN(C(=O)CN2CCC(c3nc4cc(Cl)ccc4s3)CC2)C1. The van der Waals surface area contributed by atoms with Gasteiger partial charge >= 0.3 is 0 Å². The Bertz CT molecular complexity index is 878. The van der Waals surface area contributed by atoms with Crippen LogP contribution in [0.2, 0.25) is 5.02 Å². The van der Waals surface area contributed by atoms with Crippen LogP contribution in [0.1, 0.15) is 36.6 Å². The fourth-order valence-electron chi connectivity index (χ4n) is 4.16. The van der Waals surface area contributed by atoms with Crippen LogP contribution in [0.5, 0.6) is 0 Å². The number of piperidine rings is 2. The van der Waals surface area contributed by atoms with Crippen molar-refractivity contribution in [2.24, 2.45) is 11.7 Å². The van der Waals surface area contributed by atoms with Crippen molar-refractivity contribution in [3.05, 3.63) is 28.2 Å². The molecule has 4 rings (SSSR count).